The van der Waals surface area contributed by atoms with E-state index in [-0.39, 0.29) is 12.1 Å². The molecule has 7 N–H and O–H groups in total. The van der Waals surface area contributed by atoms with Crippen LogP contribution in [-0.2, 0) is 38.1 Å². The van der Waals surface area contributed by atoms with Crippen LogP contribution in [0.2, 0.25) is 0 Å². The number of rotatable bonds is 10. The van der Waals surface area contributed by atoms with Crippen molar-refractivity contribution in [3.63, 3.8) is 0 Å². The smallest absolute Gasteiger partial charge is 0.387 e. The maximum absolute atomic E-state index is 12.2. The monoisotopic (exact) mass is 541 g/mol. The van der Waals surface area contributed by atoms with Gasteiger partial charge in [-0.3, -0.25) is 18.9 Å². The van der Waals surface area contributed by atoms with E-state index in [0.29, 0.717) is 0 Å². The Balaban J connectivity index is 2.14. The molecule has 0 bridgehead atoms. The van der Waals surface area contributed by atoms with Gasteiger partial charge in [-0.25, -0.2) is 18.5 Å². The van der Waals surface area contributed by atoms with Gasteiger partial charge < -0.3 is 39.4 Å². The van der Waals surface area contributed by atoms with Crippen LogP contribution in [-0.4, -0.2) is 83.3 Å². The molecule has 1 aromatic heterocycles. The van der Waals surface area contributed by atoms with Crippen molar-refractivity contribution < 1.29 is 61.4 Å². The summed E-state index contributed by atoms with van der Waals surface area (Å²) >= 11 is 0. The summed E-state index contributed by atoms with van der Waals surface area (Å²) in [6, 6.07) is 0. The molecule has 0 saturated carbocycles. The van der Waals surface area contributed by atoms with Gasteiger partial charge in [0.2, 0.25) is 0 Å². The number of phosphoric acid groups is 3. The molecule has 2 unspecified atom stereocenters. The quantitative estimate of drug-likeness (QED) is 0.152. The molecule has 18 nitrogen and oxygen atoms in total. The first-order chi connectivity index (χ1) is 14.9. The van der Waals surface area contributed by atoms with Gasteiger partial charge in [0, 0.05) is 18.3 Å². The minimum absolute atomic E-state index is 0.108. The molecular weight excluding hydrogens is 519 g/mol. The van der Waals surface area contributed by atoms with Crippen LogP contribution < -0.4 is 11.2 Å². The molecule has 33 heavy (non-hydrogen) atoms. The SMILES string of the molecule is CN(C)Cc1cn([C@@H]2O[C@H](COP(=O)(O)OP(=O)(O)OP(=O)(O)O)[C@@H](O)[C@H]2O)c(=O)[nH]c1=O. The van der Waals surface area contributed by atoms with Crippen molar-refractivity contribution >= 4 is 23.5 Å². The van der Waals surface area contributed by atoms with E-state index >= 15 is 0 Å². The predicted molar refractivity (Wildman–Crippen MR) is 104 cm³/mol. The molecule has 1 aromatic rings. The van der Waals surface area contributed by atoms with Crippen molar-refractivity contribution in [2.45, 2.75) is 31.1 Å². The Morgan fingerprint density at radius 3 is 2.21 bits per heavy atom. The Labute approximate surface area is 184 Å². The van der Waals surface area contributed by atoms with E-state index in [2.05, 4.69) is 13.1 Å². The number of hydrogen-bond acceptors (Lipinski definition) is 12. The fourth-order valence-electron chi connectivity index (χ4n) is 2.74. The first-order valence-electron chi connectivity index (χ1n) is 8.70. The zero-order valence-corrected chi connectivity index (χ0v) is 19.6. The van der Waals surface area contributed by atoms with Crippen molar-refractivity contribution in [3.05, 3.63) is 32.6 Å². The molecule has 0 aromatic carbocycles. The number of phosphoric ester groups is 1. The number of nitrogens with zero attached hydrogens (tertiary/aromatic N) is 2. The highest BCUT2D eigenvalue weighted by Gasteiger charge is 2.46. The summed E-state index contributed by atoms with van der Waals surface area (Å²) in [5.41, 5.74) is -1.57. The van der Waals surface area contributed by atoms with Crippen LogP contribution in [0.4, 0.5) is 0 Å². The second-order valence-electron chi connectivity index (χ2n) is 6.99. The summed E-state index contributed by atoms with van der Waals surface area (Å²) in [6.07, 6.45) is -5.66. The number of H-pyrrole nitrogens is 1. The van der Waals surface area contributed by atoms with Gasteiger partial charge >= 0.3 is 29.2 Å². The van der Waals surface area contributed by atoms with Crippen molar-refractivity contribution in [1.29, 1.82) is 0 Å². The van der Waals surface area contributed by atoms with Gasteiger partial charge in [0.25, 0.3) is 5.56 Å². The maximum atomic E-state index is 12.2. The lowest BCUT2D eigenvalue weighted by molar-refractivity contribution is -0.0543. The summed E-state index contributed by atoms with van der Waals surface area (Å²) in [6.45, 7) is -0.947. The highest BCUT2D eigenvalue weighted by Crippen LogP contribution is 2.66. The number of aromatic amines is 1. The van der Waals surface area contributed by atoms with Gasteiger partial charge in [0.15, 0.2) is 6.23 Å². The van der Waals surface area contributed by atoms with E-state index in [4.69, 9.17) is 19.4 Å². The molecule has 1 fully saturated rings. The summed E-state index contributed by atoms with van der Waals surface area (Å²) in [7, 11) is -13.5. The fourth-order valence-corrected chi connectivity index (χ4v) is 5.77. The van der Waals surface area contributed by atoms with Crippen LogP contribution in [0, 0.1) is 0 Å². The second-order valence-corrected chi connectivity index (χ2v) is 11.4. The fraction of sp³-hybridized carbons (Fsp3) is 0.667. The second kappa shape index (κ2) is 10.3. The zero-order valence-electron chi connectivity index (χ0n) is 16.9. The lowest BCUT2D eigenvalue weighted by Crippen LogP contribution is -2.39. The van der Waals surface area contributed by atoms with Gasteiger partial charge in [0.1, 0.15) is 18.3 Å². The number of nitrogens with one attached hydrogen (secondary N) is 1. The molecule has 1 saturated heterocycles. The summed E-state index contributed by atoms with van der Waals surface area (Å²) < 4.78 is 51.3. The minimum atomic E-state index is -5.75. The molecule has 21 heteroatoms. The van der Waals surface area contributed by atoms with Gasteiger partial charge in [0.05, 0.1) is 6.61 Å². The first kappa shape index (κ1) is 28.2. The van der Waals surface area contributed by atoms with Crippen LogP contribution in [0.25, 0.3) is 0 Å². The summed E-state index contributed by atoms with van der Waals surface area (Å²) in [4.78, 5) is 63.3. The number of aromatic nitrogens is 2. The highest BCUT2D eigenvalue weighted by molar-refractivity contribution is 7.66. The average Bonchev–Trinajstić information content (AvgIpc) is 2.87. The topological polar surface area (TPSA) is 268 Å². The Morgan fingerprint density at radius 1 is 1.06 bits per heavy atom. The lowest BCUT2D eigenvalue weighted by Gasteiger charge is -2.19. The summed E-state index contributed by atoms with van der Waals surface area (Å²) in [5.74, 6) is 0. The number of hydrogen-bond donors (Lipinski definition) is 7. The van der Waals surface area contributed by atoms with Crippen LogP contribution in [0.3, 0.4) is 0 Å². The van der Waals surface area contributed by atoms with E-state index in [9.17, 15) is 38.4 Å². The highest BCUT2D eigenvalue weighted by atomic mass is 31.3. The largest absolute Gasteiger partial charge is 0.490 e. The Bertz CT molecular complexity index is 1110. The van der Waals surface area contributed by atoms with Gasteiger partial charge in [-0.2, -0.15) is 8.62 Å². The molecule has 1 aliphatic heterocycles. The minimum Gasteiger partial charge on any atom is -0.387 e. The predicted octanol–water partition coefficient (Wildman–Crippen LogP) is -2.44. The zero-order chi connectivity index (χ0) is 25.4. The molecule has 190 valence electrons. The third-order valence-electron chi connectivity index (χ3n) is 3.96. The molecule has 6 atom stereocenters. The molecule has 0 radical (unpaired) electrons. The van der Waals surface area contributed by atoms with E-state index in [1.807, 2.05) is 4.98 Å². The standard InChI is InChI=1S/C12H22N3O15P3/c1-14(2)3-6-4-15(12(19)13-10(6)18)11-9(17)8(16)7(28-11)5-27-32(23,24)30-33(25,26)29-31(20,21)22/h4,7-9,11,16-17H,3,5H2,1-2H3,(H,23,24)(H,25,26)(H,13,18,19)(H2,20,21,22)/t7-,8-,9-,11-/m1/s1. The first-order valence-corrected chi connectivity index (χ1v) is 13.2. The maximum Gasteiger partial charge on any atom is 0.490 e. The van der Waals surface area contributed by atoms with Gasteiger partial charge in [-0.05, 0) is 14.1 Å². The molecule has 0 spiro atoms. The molecule has 2 rings (SSSR count). The van der Waals surface area contributed by atoms with Crippen LogP contribution in [0.15, 0.2) is 15.8 Å². The van der Waals surface area contributed by atoms with Gasteiger partial charge in [-0.1, -0.05) is 0 Å². The van der Waals surface area contributed by atoms with Crippen LogP contribution in [0.1, 0.15) is 11.8 Å². The number of ether oxygens (including phenoxy) is 1. The lowest BCUT2D eigenvalue weighted by atomic mass is 10.1. The Hall–Kier alpha value is -1.07. The van der Waals surface area contributed by atoms with Gasteiger partial charge in [-0.15, -0.1) is 0 Å². The van der Waals surface area contributed by atoms with Crippen LogP contribution >= 0.6 is 23.5 Å². The van der Waals surface area contributed by atoms with E-state index in [1.54, 1.807) is 19.0 Å². The summed E-state index contributed by atoms with van der Waals surface area (Å²) in [5, 5.41) is 20.4. The molecule has 0 amide bonds. The number of aliphatic hydroxyl groups excluding tert-OH is 2. The van der Waals surface area contributed by atoms with Crippen LogP contribution in [0.5, 0.6) is 0 Å². The van der Waals surface area contributed by atoms with Crippen molar-refractivity contribution in [3.8, 4) is 0 Å². The van der Waals surface area contributed by atoms with Crippen molar-refractivity contribution in [2.75, 3.05) is 20.7 Å². The van der Waals surface area contributed by atoms with Crippen molar-refractivity contribution in [1.82, 2.24) is 14.5 Å². The van der Waals surface area contributed by atoms with E-state index in [0.717, 1.165) is 10.8 Å². The molecule has 2 heterocycles. The third-order valence-corrected chi connectivity index (χ3v) is 7.76. The Morgan fingerprint density at radius 2 is 1.67 bits per heavy atom. The van der Waals surface area contributed by atoms with Crippen molar-refractivity contribution in [2.24, 2.45) is 0 Å². The van der Waals surface area contributed by atoms with E-state index < -0.39 is 65.9 Å². The molecule has 0 aliphatic carbocycles. The Kier molecular flexibility index (Phi) is 8.77. The number of aliphatic hydroxyl groups is 2. The average molecular weight is 541 g/mol. The third kappa shape index (κ3) is 7.99. The van der Waals surface area contributed by atoms with E-state index in [1.165, 1.54) is 0 Å². The molecule has 1 aliphatic rings. The normalized spacial score (nSPS) is 27.4. The molecular formula is C12H22N3O15P3.